The van der Waals surface area contributed by atoms with Gasteiger partial charge in [-0.3, -0.25) is 0 Å². The van der Waals surface area contributed by atoms with Crippen molar-refractivity contribution in [2.75, 3.05) is 5.32 Å². The lowest BCUT2D eigenvalue weighted by molar-refractivity contribution is 0.307. The van der Waals surface area contributed by atoms with E-state index in [2.05, 4.69) is 59.9 Å². The number of para-hydroxylation sites is 1. The van der Waals surface area contributed by atoms with Gasteiger partial charge in [-0.25, -0.2) is 0 Å². The minimum atomic E-state index is 0.554. The number of ether oxygens (including phenoxy) is 1. The monoisotopic (exact) mass is 373 g/mol. The van der Waals surface area contributed by atoms with Crippen molar-refractivity contribution in [1.82, 2.24) is 0 Å². The number of benzene rings is 4. The zero-order valence-corrected chi connectivity index (χ0v) is 15.6. The summed E-state index contributed by atoms with van der Waals surface area (Å²) >= 11 is 6.17. The lowest BCUT2D eigenvalue weighted by atomic mass is 10.1. The standard InChI is InChI=1S/C24H20ClNO/c25-23-10-3-4-11-24(23)26-16-18-12-14-21(15-13-18)27-17-20-8-5-7-19-6-1-2-9-22(19)20/h1-15,26H,16-17H2. The third kappa shape index (κ3) is 4.24. The fourth-order valence-electron chi connectivity index (χ4n) is 3.08. The molecule has 0 saturated carbocycles. The van der Waals surface area contributed by atoms with Crippen molar-refractivity contribution >= 4 is 28.1 Å². The van der Waals surface area contributed by atoms with Gasteiger partial charge in [0.05, 0.1) is 10.7 Å². The summed E-state index contributed by atoms with van der Waals surface area (Å²) < 4.78 is 6.00. The molecule has 3 heteroatoms. The van der Waals surface area contributed by atoms with Gasteiger partial charge in [-0.2, -0.15) is 0 Å². The van der Waals surface area contributed by atoms with Crippen LogP contribution in [-0.4, -0.2) is 0 Å². The van der Waals surface area contributed by atoms with Gasteiger partial charge in [0, 0.05) is 6.54 Å². The molecule has 27 heavy (non-hydrogen) atoms. The van der Waals surface area contributed by atoms with E-state index in [0.29, 0.717) is 13.2 Å². The van der Waals surface area contributed by atoms with Crippen molar-refractivity contribution in [3.8, 4) is 5.75 Å². The quantitative estimate of drug-likeness (QED) is 0.406. The number of nitrogens with one attached hydrogen (secondary N) is 1. The van der Waals surface area contributed by atoms with Crippen LogP contribution in [0.3, 0.4) is 0 Å². The molecule has 1 N–H and O–H groups in total. The molecule has 0 radical (unpaired) electrons. The molecular weight excluding hydrogens is 354 g/mol. The van der Waals surface area contributed by atoms with Crippen LogP contribution in [0.15, 0.2) is 91.0 Å². The Kier molecular flexibility index (Phi) is 5.27. The van der Waals surface area contributed by atoms with Crippen LogP contribution >= 0.6 is 11.6 Å². The lowest BCUT2D eigenvalue weighted by Gasteiger charge is -2.11. The molecule has 4 aromatic carbocycles. The van der Waals surface area contributed by atoms with E-state index in [-0.39, 0.29) is 0 Å². The molecule has 4 rings (SSSR count). The molecule has 0 spiro atoms. The largest absolute Gasteiger partial charge is 0.489 e. The first kappa shape index (κ1) is 17.4. The van der Waals surface area contributed by atoms with E-state index in [1.807, 2.05) is 36.4 Å². The molecule has 134 valence electrons. The van der Waals surface area contributed by atoms with Crippen LogP contribution in [-0.2, 0) is 13.2 Å². The van der Waals surface area contributed by atoms with Gasteiger partial charge >= 0.3 is 0 Å². The van der Waals surface area contributed by atoms with Gasteiger partial charge in [0.1, 0.15) is 12.4 Å². The van der Waals surface area contributed by atoms with Crippen LogP contribution in [0.25, 0.3) is 10.8 Å². The van der Waals surface area contributed by atoms with Gasteiger partial charge in [-0.15, -0.1) is 0 Å². The second-order valence-electron chi connectivity index (χ2n) is 6.40. The van der Waals surface area contributed by atoms with Crippen molar-refractivity contribution in [2.45, 2.75) is 13.2 Å². The minimum absolute atomic E-state index is 0.554. The molecule has 0 fully saturated rings. The number of hydrogen-bond donors (Lipinski definition) is 1. The van der Waals surface area contributed by atoms with Crippen molar-refractivity contribution in [2.24, 2.45) is 0 Å². The van der Waals surface area contributed by atoms with E-state index >= 15 is 0 Å². The number of halogens is 1. The SMILES string of the molecule is Clc1ccccc1NCc1ccc(OCc2cccc3ccccc23)cc1. The molecule has 0 bridgehead atoms. The predicted octanol–water partition coefficient (Wildman–Crippen LogP) is 6.68. The number of rotatable bonds is 6. The normalized spacial score (nSPS) is 10.7. The summed E-state index contributed by atoms with van der Waals surface area (Å²) in [5.74, 6) is 0.865. The average Bonchev–Trinajstić information content (AvgIpc) is 2.72. The van der Waals surface area contributed by atoms with Crippen LogP contribution in [0, 0.1) is 0 Å². The number of fused-ring (bicyclic) bond motifs is 1. The van der Waals surface area contributed by atoms with Crippen LogP contribution < -0.4 is 10.1 Å². The Hall–Kier alpha value is -2.97. The second-order valence-corrected chi connectivity index (χ2v) is 6.81. The highest BCUT2D eigenvalue weighted by molar-refractivity contribution is 6.33. The molecule has 2 nitrogen and oxygen atoms in total. The van der Waals surface area contributed by atoms with Gasteiger partial charge in [0.25, 0.3) is 0 Å². The fourth-order valence-corrected chi connectivity index (χ4v) is 3.29. The van der Waals surface area contributed by atoms with Crippen LogP contribution in [0.2, 0.25) is 5.02 Å². The number of anilines is 1. The first-order valence-electron chi connectivity index (χ1n) is 8.96. The Morgan fingerprint density at radius 2 is 1.48 bits per heavy atom. The maximum atomic E-state index is 6.17. The topological polar surface area (TPSA) is 21.3 Å². The van der Waals surface area contributed by atoms with Crippen molar-refractivity contribution in [3.05, 3.63) is 107 Å². The Balaban J connectivity index is 1.38. The molecule has 0 aliphatic carbocycles. The summed E-state index contributed by atoms with van der Waals surface area (Å²) in [7, 11) is 0. The van der Waals surface area contributed by atoms with Crippen molar-refractivity contribution < 1.29 is 4.74 Å². The summed E-state index contributed by atoms with van der Waals surface area (Å²) in [5.41, 5.74) is 3.31. The Morgan fingerprint density at radius 3 is 2.33 bits per heavy atom. The Bertz CT molecular complexity index is 1040. The third-order valence-electron chi connectivity index (χ3n) is 4.55. The van der Waals surface area contributed by atoms with E-state index in [1.54, 1.807) is 0 Å². The minimum Gasteiger partial charge on any atom is -0.489 e. The van der Waals surface area contributed by atoms with Crippen LogP contribution in [0.4, 0.5) is 5.69 Å². The fraction of sp³-hybridized carbons (Fsp3) is 0.0833. The maximum absolute atomic E-state index is 6.17. The molecule has 0 heterocycles. The molecule has 0 saturated heterocycles. The van der Waals surface area contributed by atoms with E-state index in [1.165, 1.54) is 21.9 Å². The third-order valence-corrected chi connectivity index (χ3v) is 4.88. The summed E-state index contributed by atoms with van der Waals surface area (Å²) in [6, 6.07) is 30.6. The second kappa shape index (κ2) is 8.15. The molecule has 0 aromatic heterocycles. The first-order valence-corrected chi connectivity index (χ1v) is 9.34. The Morgan fingerprint density at radius 1 is 0.741 bits per heavy atom. The highest BCUT2D eigenvalue weighted by atomic mass is 35.5. The van der Waals surface area contributed by atoms with Gasteiger partial charge < -0.3 is 10.1 Å². The molecule has 0 atom stereocenters. The smallest absolute Gasteiger partial charge is 0.119 e. The lowest BCUT2D eigenvalue weighted by Crippen LogP contribution is -2.00. The van der Waals surface area contributed by atoms with Crippen molar-refractivity contribution in [1.29, 1.82) is 0 Å². The summed E-state index contributed by atoms with van der Waals surface area (Å²) in [6.07, 6.45) is 0. The van der Waals surface area contributed by atoms with Gasteiger partial charge in [0.2, 0.25) is 0 Å². The highest BCUT2D eigenvalue weighted by Gasteiger charge is 2.03. The molecule has 0 aliphatic rings. The van der Waals surface area contributed by atoms with E-state index < -0.39 is 0 Å². The summed E-state index contributed by atoms with van der Waals surface area (Å²) in [6.45, 7) is 1.27. The van der Waals surface area contributed by atoms with E-state index in [0.717, 1.165) is 16.5 Å². The number of hydrogen-bond acceptors (Lipinski definition) is 2. The molecular formula is C24H20ClNO. The summed E-state index contributed by atoms with van der Waals surface area (Å²) in [5, 5.41) is 6.56. The average molecular weight is 374 g/mol. The van der Waals surface area contributed by atoms with E-state index in [4.69, 9.17) is 16.3 Å². The predicted molar refractivity (Wildman–Crippen MR) is 114 cm³/mol. The van der Waals surface area contributed by atoms with Gasteiger partial charge in [0.15, 0.2) is 0 Å². The van der Waals surface area contributed by atoms with Crippen LogP contribution in [0.1, 0.15) is 11.1 Å². The molecule has 4 aromatic rings. The highest BCUT2D eigenvalue weighted by Crippen LogP contribution is 2.23. The maximum Gasteiger partial charge on any atom is 0.119 e. The summed E-state index contributed by atoms with van der Waals surface area (Å²) in [4.78, 5) is 0. The van der Waals surface area contributed by atoms with E-state index in [9.17, 15) is 0 Å². The van der Waals surface area contributed by atoms with Gasteiger partial charge in [-0.05, 0) is 46.2 Å². The zero-order chi connectivity index (χ0) is 18.5. The zero-order valence-electron chi connectivity index (χ0n) is 14.9. The first-order chi connectivity index (χ1) is 13.3. The molecule has 0 unspecified atom stereocenters. The van der Waals surface area contributed by atoms with Crippen LogP contribution in [0.5, 0.6) is 5.75 Å². The molecule has 0 aliphatic heterocycles. The Labute approximate surface area is 164 Å². The molecule has 0 amide bonds. The van der Waals surface area contributed by atoms with Crippen molar-refractivity contribution in [3.63, 3.8) is 0 Å². The van der Waals surface area contributed by atoms with Gasteiger partial charge in [-0.1, -0.05) is 78.3 Å².